The SMILES string of the molecule is CCCOc1ccc(C(=O)Oc2ccc(C=NNC(=O)CNC(=O)c3ccccc3I)cc2)cc1. The zero-order valence-corrected chi connectivity index (χ0v) is 21.2. The molecule has 0 atom stereocenters. The van der Waals surface area contributed by atoms with Gasteiger partial charge in [0.05, 0.1) is 30.5 Å². The second-order valence-corrected chi connectivity index (χ2v) is 8.45. The van der Waals surface area contributed by atoms with E-state index in [2.05, 4.69) is 38.4 Å². The van der Waals surface area contributed by atoms with Gasteiger partial charge in [0.2, 0.25) is 0 Å². The van der Waals surface area contributed by atoms with Crippen molar-refractivity contribution in [2.45, 2.75) is 13.3 Å². The molecule has 3 aromatic carbocycles. The molecule has 35 heavy (non-hydrogen) atoms. The van der Waals surface area contributed by atoms with Crippen molar-refractivity contribution in [3.63, 3.8) is 0 Å². The number of halogens is 1. The number of rotatable bonds is 10. The zero-order valence-electron chi connectivity index (χ0n) is 19.0. The fraction of sp³-hybridized carbons (Fsp3) is 0.154. The summed E-state index contributed by atoms with van der Waals surface area (Å²) in [6, 6.07) is 20.5. The topological polar surface area (TPSA) is 106 Å². The van der Waals surface area contributed by atoms with E-state index in [-0.39, 0.29) is 12.5 Å². The van der Waals surface area contributed by atoms with Crippen molar-refractivity contribution in [2.75, 3.05) is 13.2 Å². The smallest absolute Gasteiger partial charge is 0.343 e. The number of benzene rings is 3. The Hall–Kier alpha value is -3.73. The van der Waals surface area contributed by atoms with Crippen LogP contribution in [0.4, 0.5) is 0 Å². The van der Waals surface area contributed by atoms with Crippen LogP contribution in [0.5, 0.6) is 11.5 Å². The predicted octanol–water partition coefficient (Wildman–Crippen LogP) is 4.18. The quantitative estimate of drug-likeness (QED) is 0.122. The fourth-order valence-corrected chi connectivity index (χ4v) is 3.45. The summed E-state index contributed by atoms with van der Waals surface area (Å²) in [6.07, 6.45) is 2.35. The molecular weight excluding hydrogens is 561 g/mol. The molecule has 0 aromatic heterocycles. The van der Waals surface area contributed by atoms with E-state index in [9.17, 15) is 14.4 Å². The minimum absolute atomic E-state index is 0.207. The first kappa shape index (κ1) is 25.9. The molecule has 0 fully saturated rings. The number of hydrazone groups is 1. The molecule has 0 bridgehead atoms. The van der Waals surface area contributed by atoms with Gasteiger partial charge in [-0.25, -0.2) is 10.2 Å². The summed E-state index contributed by atoms with van der Waals surface area (Å²) in [7, 11) is 0. The minimum Gasteiger partial charge on any atom is -0.494 e. The third kappa shape index (κ3) is 8.21. The number of carbonyl (C=O) groups is 3. The molecule has 0 spiro atoms. The Kier molecular flexibility index (Phi) is 9.79. The highest BCUT2D eigenvalue weighted by Crippen LogP contribution is 2.16. The Morgan fingerprint density at radius 3 is 2.31 bits per heavy atom. The molecule has 2 N–H and O–H groups in total. The minimum atomic E-state index is -0.479. The molecule has 0 heterocycles. The lowest BCUT2D eigenvalue weighted by molar-refractivity contribution is -0.120. The number of carbonyl (C=O) groups excluding carboxylic acids is 3. The van der Waals surface area contributed by atoms with E-state index in [0.29, 0.717) is 34.8 Å². The van der Waals surface area contributed by atoms with Crippen molar-refractivity contribution in [2.24, 2.45) is 5.10 Å². The summed E-state index contributed by atoms with van der Waals surface area (Å²) < 4.78 is 11.7. The number of hydrogen-bond acceptors (Lipinski definition) is 6. The fourth-order valence-electron chi connectivity index (χ4n) is 2.81. The molecular formula is C26H24IN3O5. The lowest BCUT2D eigenvalue weighted by atomic mass is 10.2. The Morgan fingerprint density at radius 2 is 1.63 bits per heavy atom. The summed E-state index contributed by atoms with van der Waals surface area (Å²) in [6.45, 7) is 2.43. The van der Waals surface area contributed by atoms with Crippen LogP contribution in [0, 0.1) is 3.57 Å². The molecule has 3 aromatic rings. The van der Waals surface area contributed by atoms with Crippen LogP contribution in [-0.4, -0.2) is 37.1 Å². The monoisotopic (exact) mass is 585 g/mol. The van der Waals surface area contributed by atoms with Gasteiger partial charge in [-0.05, 0) is 95.2 Å². The molecule has 180 valence electrons. The number of nitrogens with one attached hydrogen (secondary N) is 2. The standard InChI is InChI=1S/C26H24IN3O5/c1-2-15-34-20-13-9-19(10-14-20)26(33)35-21-11-7-18(8-12-21)16-29-30-24(31)17-28-25(32)22-5-3-4-6-23(22)27/h3-14,16H,2,15,17H2,1H3,(H,28,32)(H,30,31). The van der Waals surface area contributed by atoms with Crippen molar-refractivity contribution in [3.05, 3.63) is 93.1 Å². The second kappa shape index (κ2) is 13.2. The maximum Gasteiger partial charge on any atom is 0.343 e. The Balaban J connectivity index is 1.44. The first-order valence-corrected chi connectivity index (χ1v) is 11.9. The predicted molar refractivity (Wildman–Crippen MR) is 141 cm³/mol. The first-order chi connectivity index (χ1) is 17.0. The van der Waals surface area contributed by atoms with Gasteiger partial charge in [0, 0.05) is 3.57 Å². The molecule has 0 aliphatic heterocycles. The van der Waals surface area contributed by atoms with Crippen molar-refractivity contribution in [1.82, 2.24) is 10.7 Å². The average Bonchev–Trinajstić information content (AvgIpc) is 2.87. The van der Waals surface area contributed by atoms with E-state index in [1.165, 1.54) is 6.21 Å². The van der Waals surface area contributed by atoms with Crippen molar-refractivity contribution >= 4 is 46.6 Å². The van der Waals surface area contributed by atoms with Crippen LogP contribution in [0.15, 0.2) is 77.9 Å². The summed E-state index contributed by atoms with van der Waals surface area (Å²) >= 11 is 2.06. The molecule has 0 saturated carbocycles. The Morgan fingerprint density at radius 1 is 0.943 bits per heavy atom. The van der Waals surface area contributed by atoms with Gasteiger partial charge in [-0.2, -0.15) is 5.10 Å². The van der Waals surface area contributed by atoms with E-state index in [1.807, 2.05) is 19.1 Å². The van der Waals surface area contributed by atoms with Gasteiger partial charge in [-0.15, -0.1) is 0 Å². The van der Waals surface area contributed by atoms with Crippen LogP contribution in [0.25, 0.3) is 0 Å². The van der Waals surface area contributed by atoms with Gasteiger partial charge < -0.3 is 14.8 Å². The lowest BCUT2D eigenvalue weighted by Gasteiger charge is -2.07. The number of nitrogens with zero attached hydrogens (tertiary/aromatic N) is 1. The van der Waals surface area contributed by atoms with Crippen LogP contribution < -0.4 is 20.2 Å². The molecule has 8 nitrogen and oxygen atoms in total. The maximum absolute atomic E-state index is 12.3. The Bertz CT molecular complexity index is 1190. The summed E-state index contributed by atoms with van der Waals surface area (Å²) in [5, 5.41) is 6.43. The van der Waals surface area contributed by atoms with Crippen LogP contribution in [0.2, 0.25) is 0 Å². The van der Waals surface area contributed by atoms with Gasteiger partial charge in [-0.1, -0.05) is 19.1 Å². The largest absolute Gasteiger partial charge is 0.494 e. The van der Waals surface area contributed by atoms with Crippen LogP contribution in [0.3, 0.4) is 0 Å². The third-order valence-corrected chi connectivity index (χ3v) is 5.53. The van der Waals surface area contributed by atoms with Gasteiger partial charge in [0.15, 0.2) is 0 Å². The van der Waals surface area contributed by atoms with E-state index in [0.717, 1.165) is 9.99 Å². The van der Waals surface area contributed by atoms with E-state index in [4.69, 9.17) is 9.47 Å². The van der Waals surface area contributed by atoms with Crippen molar-refractivity contribution < 1.29 is 23.9 Å². The second-order valence-electron chi connectivity index (χ2n) is 7.29. The van der Waals surface area contributed by atoms with Gasteiger partial charge in [0.1, 0.15) is 11.5 Å². The number of amides is 2. The lowest BCUT2D eigenvalue weighted by Crippen LogP contribution is -2.35. The normalized spacial score (nSPS) is 10.6. The highest BCUT2D eigenvalue weighted by atomic mass is 127. The van der Waals surface area contributed by atoms with Crippen LogP contribution >= 0.6 is 22.6 Å². The molecule has 2 amide bonds. The zero-order chi connectivity index (χ0) is 25.0. The molecule has 0 aliphatic carbocycles. The number of hydrogen-bond donors (Lipinski definition) is 2. The number of esters is 1. The van der Waals surface area contributed by atoms with Gasteiger partial charge in [-0.3, -0.25) is 9.59 Å². The third-order valence-electron chi connectivity index (χ3n) is 4.58. The molecule has 9 heteroatoms. The molecule has 0 saturated heterocycles. The Labute approximate surface area is 216 Å². The molecule has 0 radical (unpaired) electrons. The highest BCUT2D eigenvalue weighted by Gasteiger charge is 2.11. The van der Waals surface area contributed by atoms with Crippen LogP contribution in [0.1, 0.15) is 39.6 Å². The van der Waals surface area contributed by atoms with E-state index < -0.39 is 11.9 Å². The first-order valence-electron chi connectivity index (χ1n) is 10.9. The maximum atomic E-state index is 12.3. The van der Waals surface area contributed by atoms with Gasteiger partial charge in [0.25, 0.3) is 11.8 Å². The highest BCUT2D eigenvalue weighted by molar-refractivity contribution is 14.1. The van der Waals surface area contributed by atoms with Crippen LogP contribution in [-0.2, 0) is 4.79 Å². The van der Waals surface area contributed by atoms with E-state index >= 15 is 0 Å². The summed E-state index contributed by atoms with van der Waals surface area (Å²) in [5.74, 6) is -0.196. The van der Waals surface area contributed by atoms with Gasteiger partial charge >= 0.3 is 5.97 Å². The molecule has 3 rings (SSSR count). The average molecular weight is 585 g/mol. The molecule has 0 unspecified atom stereocenters. The van der Waals surface area contributed by atoms with Crippen molar-refractivity contribution in [1.29, 1.82) is 0 Å². The summed E-state index contributed by atoms with van der Waals surface area (Å²) in [5.41, 5.74) is 3.96. The van der Waals surface area contributed by atoms with Crippen molar-refractivity contribution in [3.8, 4) is 11.5 Å². The number of ether oxygens (including phenoxy) is 2. The summed E-state index contributed by atoms with van der Waals surface area (Å²) in [4.78, 5) is 36.4. The van der Waals surface area contributed by atoms with E-state index in [1.54, 1.807) is 60.7 Å². The molecule has 0 aliphatic rings.